The fourth-order valence-electron chi connectivity index (χ4n) is 3.71. The zero-order valence-electron chi connectivity index (χ0n) is 15.6. The van der Waals surface area contributed by atoms with Crippen LogP contribution in [0.3, 0.4) is 0 Å². The third-order valence-corrected chi connectivity index (χ3v) is 5.12. The summed E-state index contributed by atoms with van der Waals surface area (Å²) in [5.41, 5.74) is 2.95. The molecule has 26 heavy (non-hydrogen) atoms. The van der Waals surface area contributed by atoms with Crippen LogP contribution in [-0.4, -0.2) is 31.6 Å². The Hall–Kier alpha value is -2.20. The van der Waals surface area contributed by atoms with Gasteiger partial charge in [-0.1, -0.05) is 31.5 Å². The van der Waals surface area contributed by atoms with Crippen LogP contribution in [0.4, 0.5) is 0 Å². The van der Waals surface area contributed by atoms with E-state index in [1.807, 2.05) is 29.2 Å². The maximum atomic E-state index is 13.2. The van der Waals surface area contributed by atoms with Gasteiger partial charge < -0.3 is 14.4 Å². The van der Waals surface area contributed by atoms with Crippen LogP contribution < -0.4 is 9.47 Å². The summed E-state index contributed by atoms with van der Waals surface area (Å²) in [7, 11) is 3.27. The summed E-state index contributed by atoms with van der Waals surface area (Å²) < 4.78 is 10.9. The molecular formula is C21H24ClNO3. The van der Waals surface area contributed by atoms with Crippen LogP contribution in [0.25, 0.3) is 0 Å². The van der Waals surface area contributed by atoms with Gasteiger partial charge in [-0.15, -0.1) is 0 Å². The van der Waals surface area contributed by atoms with E-state index in [1.165, 1.54) is 5.56 Å². The molecule has 0 spiro atoms. The van der Waals surface area contributed by atoms with Crippen LogP contribution in [0.5, 0.6) is 11.5 Å². The Morgan fingerprint density at radius 1 is 1.15 bits per heavy atom. The minimum Gasteiger partial charge on any atom is -0.493 e. The number of fused-ring (bicyclic) bond motifs is 1. The molecule has 1 heterocycles. The highest BCUT2D eigenvalue weighted by Gasteiger charge is 2.34. The number of benzene rings is 2. The number of methoxy groups -OCH3 is 2. The number of hydrogen-bond donors (Lipinski definition) is 0. The van der Waals surface area contributed by atoms with Crippen molar-refractivity contribution in [2.45, 2.75) is 26.3 Å². The van der Waals surface area contributed by atoms with Crippen molar-refractivity contribution in [2.75, 3.05) is 20.8 Å². The molecule has 1 atom stereocenters. The molecule has 1 amide bonds. The van der Waals surface area contributed by atoms with E-state index in [1.54, 1.807) is 26.4 Å². The van der Waals surface area contributed by atoms with Crippen LogP contribution in [0.2, 0.25) is 5.02 Å². The van der Waals surface area contributed by atoms with Gasteiger partial charge >= 0.3 is 0 Å². The molecule has 0 N–H and O–H groups in total. The SMILES string of the molecule is COc1cc2c(cc1OC)C(C(C)C)N(C(=O)c1cccc(Cl)c1)CC2. The van der Waals surface area contributed by atoms with Crippen LogP contribution in [0, 0.1) is 5.92 Å². The highest BCUT2D eigenvalue weighted by atomic mass is 35.5. The molecule has 0 radical (unpaired) electrons. The van der Waals surface area contributed by atoms with Crippen molar-refractivity contribution in [1.82, 2.24) is 4.90 Å². The van der Waals surface area contributed by atoms with Crippen LogP contribution in [0.15, 0.2) is 36.4 Å². The highest BCUT2D eigenvalue weighted by molar-refractivity contribution is 6.30. The Balaban J connectivity index is 2.04. The third kappa shape index (κ3) is 3.38. The van der Waals surface area contributed by atoms with Gasteiger partial charge in [0.15, 0.2) is 11.5 Å². The van der Waals surface area contributed by atoms with Crippen LogP contribution in [0.1, 0.15) is 41.4 Å². The topological polar surface area (TPSA) is 38.8 Å². The predicted octanol–water partition coefficient (Wildman–Crippen LogP) is 4.75. The van der Waals surface area contributed by atoms with Gasteiger partial charge in [0, 0.05) is 17.1 Å². The fourth-order valence-corrected chi connectivity index (χ4v) is 3.90. The Labute approximate surface area is 159 Å². The molecule has 1 aliphatic heterocycles. The van der Waals surface area contributed by atoms with Crippen molar-refractivity contribution < 1.29 is 14.3 Å². The number of carbonyl (C=O) groups is 1. The Bertz CT molecular complexity index is 819. The molecule has 1 unspecified atom stereocenters. The lowest BCUT2D eigenvalue weighted by atomic mass is 9.85. The lowest BCUT2D eigenvalue weighted by Gasteiger charge is -2.40. The summed E-state index contributed by atoms with van der Waals surface area (Å²) in [6, 6.07) is 11.2. The maximum absolute atomic E-state index is 13.2. The third-order valence-electron chi connectivity index (χ3n) is 4.89. The first-order valence-corrected chi connectivity index (χ1v) is 9.15. The molecule has 5 heteroatoms. The molecule has 4 nitrogen and oxygen atoms in total. The monoisotopic (exact) mass is 373 g/mol. The zero-order valence-corrected chi connectivity index (χ0v) is 16.3. The van der Waals surface area contributed by atoms with E-state index in [4.69, 9.17) is 21.1 Å². The smallest absolute Gasteiger partial charge is 0.254 e. The van der Waals surface area contributed by atoms with Gasteiger partial charge in [0.25, 0.3) is 5.91 Å². The molecule has 2 aromatic carbocycles. The zero-order chi connectivity index (χ0) is 18.8. The summed E-state index contributed by atoms with van der Waals surface area (Å²) in [4.78, 5) is 15.1. The van der Waals surface area contributed by atoms with Crippen molar-refractivity contribution in [3.8, 4) is 11.5 Å². The summed E-state index contributed by atoms with van der Waals surface area (Å²) in [5.74, 6) is 1.68. The summed E-state index contributed by atoms with van der Waals surface area (Å²) in [5, 5.41) is 0.570. The lowest BCUT2D eigenvalue weighted by molar-refractivity contribution is 0.0603. The minimum atomic E-state index is -0.0231. The van der Waals surface area contributed by atoms with Crippen molar-refractivity contribution in [1.29, 1.82) is 0 Å². The average molecular weight is 374 g/mol. The second-order valence-electron chi connectivity index (χ2n) is 6.85. The van der Waals surface area contributed by atoms with Crippen LogP contribution in [-0.2, 0) is 6.42 Å². The molecule has 2 aromatic rings. The van der Waals surface area contributed by atoms with E-state index in [-0.39, 0.29) is 17.9 Å². The molecule has 0 saturated carbocycles. The first kappa shape index (κ1) is 18.6. The Morgan fingerprint density at radius 2 is 1.85 bits per heavy atom. The van der Waals surface area contributed by atoms with Crippen molar-refractivity contribution in [2.24, 2.45) is 5.92 Å². The summed E-state index contributed by atoms with van der Waals surface area (Å²) >= 11 is 6.08. The van der Waals surface area contributed by atoms with Gasteiger partial charge in [-0.25, -0.2) is 0 Å². The Morgan fingerprint density at radius 3 is 2.46 bits per heavy atom. The van der Waals surface area contributed by atoms with Crippen molar-refractivity contribution in [3.63, 3.8) is 0 Å². The molecule has 3 rings (SSSR count). The Kier molecular flexibility index (Phi) is 5.42. The van der Waals surface area contributed by atoms with Gasteiger partial charge in [0.2, 0.25) is 0 Å². The number of ether oxygens (including phenoxy) is 2. The second kappa shape index (κ2) is 7.58. The molecule has 0 aromatic heterocycles. The quantitative estimate of drug-likeness (QED) is 0.776. The first-order chi connectivity index (χ1) is 12.5. The number of carbonyl (C=O) groups excluding carboxylic acids is 1. The molecule has 0 saturated heterocycles. The lowest BCUT2D eigenvalue weighted by Crippen LogP contribution is -2.42. The summed E-state index contributed by atoms with van der Waals surface area (Å²) in [6.45, 7) is 4.93. The predicted molar refractivity (Wildman–Crippen MR) is 103 cm³/mol. The van der Waals surface area contributed by atoms with Crippen molar-refractivity contribution >= 4 is 17.5 Å². The van der Waals surface area contributed by atoms with E-state index in [2.05, 4.69) is 13.8 Å². The van der Waals surface area contributed by atoms with E-state index in [0.717, 1.165) is 17.7 Å². The fraction of sp³-hybridized carbons (Fsp3) is 0.381. The number of halogens is 1. The number of amides is 1. The van der Waals surface area contributed by atoms with E-state index in [9.17, 15) is 4.79 Å². The molecule has 1 aliphatic rings. The highest BCUT2D eigenvalue weighted by Crippen LogP contribution is 2.41. The van der Waals surface area contributed by atoms with E-state index < -0.39 is 0 Å². The van der Waals surface area contributed by atoms with E-state index in [0.29, 0.717) is 22.9 Å². The second-order valence-corrected chi connectivity index (χ2v) is 7.29. The number of rotatable bonds is 4. The normalized spacial score (nSPS) is 16.4. The maximum Gasteiger partial charge on any atom is 0.254 e. The number of hydrogen-bond acceptors (Lipinski definition) is 3. The summed E-state index contributed by atoms with van der Waals surface area (Å²) in [6.07, 6.45) is 0.783. The molecule has 0 aliphatic carbocycles. The molecular weight excluding hydrogens is 350 g/mol. The number of nitrogens with zero attached hydrogens (tertiary/aromatic N) is 1. The van der Waals surface area contributed by atoms with Gasteiger partial charge in [-0.3, -0.25) is 4.79 Å². The first-order valence-electron chi connectivity index (χ1n) is 8.77. The largest absolute Gasteiger partial charge is 0.493 e. The molecule has 138 valence electrons. The van der Waals surface area contributed by atoms with Gasteiger partial charge in [-0.05, 0) is 53.8 Å². The molecule has 0 bridgehead atoms. The minimum absolute atomic E-state index is 0.00614. The van der Waals surface area contributed by atoms with Gasteiger partial charge in [0.1, 0.15) is 0 Å². The van der Waals surface area contributed by atoms with Gasteiger partial charge in [0.05, 0.1) is 20.3 Å². The standard InChI is InChI=1S/C21H24ClNO3/c1-13(2)20-17-12-19(26-4)18(25-3)11-14(17)8-9-23(20)21(24)15-6-5-7-16(22)10-15/h5-7,10-13,20H,8-9H2,1-4H3. The van der Waals surface area contributed by atoms with Gasteiger partial charge in [-0.2, -0.15) is 0 Å². The average Bonchev–Trinajstić information content (AvgIpc) is 2.64. The van der Waals surface area contributed by atoms with Crippen molar-refractivity contribution in [3.05, 3.63) is 58.1 Å². The van der Waals surface area contributed by atoms with E-state index >= 15 is 0 Å². The molecule has 0 fully saturated rings. The van der Waals surface area contributed by atoms with Crippen LogP contribution >= 0.6 is 11.6 Å².